The first-order chi connectivity index (χ1) is 8.74. The molecule has 0 spiro atoms. The van der Waals surface area contributed by atoms with Crippen LogP contribution in [0.4, 0.5) is 5.69 Å². The number of hydrogen-bond acceptors (Lipinski definition) is 4. The van der Waals surface area contributed by atoms with E-state index in [0.717, 1.165) is 11.1 Å². The van der Waals surface area contributed by atoms with Gasteiger partial charge in [0.2, 0.25) is 10.0 Å². The molecular formula is C12H20N2O3S2. The summed E-state index contributed by atoms with van der Waals surface area (Å²) in [5.74, 6) is 0.484. The number of hydrogen-bond donors (Lipinski definition) is 2. The molecule has 0 fully saturated rings. The van der Waals surface area contributed by atoms with Crippen molar-refractivity contribution in [1.29, 1.82) is 0 Å². The smallest absolute Gasteiger partial charge is 0.240 e. The minimum Gasteiger partial charge on any atom is -0.398 e. The number of nitrogens with one attached hydrogen (secondary N) is 1. The molecule has 0 aromatic heterocycles. The highest BCUT2D eigenvalue weighted by atomic mass is 32.2. The second kappa shape index (κ2) is 6.49. The van der Waals surface area contributed by atoms with Crippen LogP contribution in [-0.2, 0) is 20.8 Å². The molecular weight excluding hydrogens is 284 g/mol. The van der Waals surface area contributed by atoms with Gasteiger partial charge in [-0.05, 0) is 43.5 Å². The standard InChI is InChI=1S/C12H20N2O3S2/c1-9-7-11(8-12(13)10(9)2)19(16,17)14-5-4-6-18(3)15/h7-8,14H,4-6,13H2,1-3H3. The summed E-state index contributed by atoms with van der Waals surface area (Å²) in [5.41, 5.74) is 7.98. The first-order valence-corrected chi connectivity index (χ1v) is 9.11. The Balaban J connectivity index is 2.80. The Morgan fingerprint density at radius 3 is 2.47 bits per heavy atom. The molecule has 0 saturated heterocycles. The summed E-state index contributed by atoms with van der Waals surface area (Å²) in [6.07, 6.45) is 2.14. The van der Waals surface area contributed by atoms with E-state index in [1.807, 2.05) is 13.8 Å². The van der Waals surface area contributed by atoms with Gasteiger partial charge in [-0.3, -0.25) is 4.21 Å². The van der Waals surface area contributed by atoms with Gasteiger partial charge in [0.05, 0.1) is 4.90 Å². The Kier molecular flexibility index (Phi) is 5.51. The van der Waals surface area contributed by atoms with Crippen molar-refractivity contribution in [1.82, 2.24) is 4.72 Å². The van der Waals surface area contributed by atoms with Crippen LogP contribution in [0.5, 0.6) is 0 Å². The number of anilines is 1. The fourth-order valence-electron chi connectivity index (χ4n) is 1.57. The zero-order valence-electron chi connectivity index (χ0n) is 11.4. The molecule has 0 aliphatic heterocycles. The van der Waals surface area contributed by atoms with Crippen LogP contribution >= 0.6 is 0 Å². The highest BCUT2D eigenvalue weighted by molar-refractivity contribution is 7.89. The molecule has 3 N–H and O–H groups in total. The van der Waals surface area contributed by atoms with Crippen LogP contribution in [0.1, 0.15) is 17.5 Å². The minimum absolute atomic E-state index is 0.172. The van der Waals surface area contributed by atoms with Gasteiger partial charge in [0, 0.05) is 35.0 Å². The molecule has 1 rings (SSSR count). The Bertz CT molecular complexity index is 560. The zero-order valence-corrected chi connectivity index (χ0v) is 13.0. The lowest BCUT2D eigenvalue weighted by Gasteiger charge is -2.10. The van der Waals surface area contributed by atoms with Crippen molar-refractivity contribution in [3.8, 4) is 0 Å². The van der Waals surface area contributed by atoms with Gasteiger partial charge in [0.25, 0.3) is 0 Å². The topological polar surface area (TPSA) is 89.3 Å². The SMILES string of the molecule is Cc1cc(S(=O)(=O)NCCCS(C)=O)cc(N)c1C. The molecule has 5 nitrogen and oxygen atoms in total. The van der Waals surface area contributed by atoms with E-state index < -0.39 is 20.8 Å². The molecule has 0 amide bonds. The maximum absolute atomic E-state index is 12.1. The summed E-state index contributed by atoms with van der Waals surface area (Å²) in [7, 11) is -4.45. The van der Waals surface area contributed by atoms with Crippen molar-refractivity contribution in [3.05, 3.63) is 23.3 Å². The third-order valence-electron chi connectivity index (χ3n) is 2.89. The van der Waals surface area contributed by atoms with Crippen LogP contribution in [-0.4, -0.2) is 31.2 Å². The van der Waals surface area contributed by atoms with Gasteiger partial charge in [0.15, 0.2) is 0 Å². The van der Waals surface area contributed by atoms with Crippen LogP contribution in [0.25, 0.3) is 0 Å². The molecule has 0 aliphatic rings. The van der Waals surface area contributed by atoms with Crippen LogP contribution < -0.4 is 10.5 Å². The van der Waals surface area contributed by atoms with E-state index in [9.17, 15) is 12.6 Å². The normalized spacial score (nSPS) is 13.4. The third-order valence-corrected chi connectivity index (χ3v) is 5.20. The molecule has 0 saturated carbocycles. The molecule has 1 unspecified atom stereocenters. The molecule has 0 heterocycles. The molecule has 19 heavy (non-hydrogen) atoms. The van der Waals surface area contributed by atoms with Gasteiger partial charge in [-0.1, -0.05) is 0 Å². The van der Waals surface area contributed by atoms with E-state index in [1.165, 1.54) is 6.07 Å². The number of rotatable bonds is 6. The maximum Gasteiger partial charge on any atom is 0.240 e. The van der Waals surface area contributed by atoms with Gasteiger partial charge in [0.1, 0.15) is 0 Å². The summed E-state index contributed by atoms with van der Waals surface area (Å²) < 4.78 is 37.5. The van der Waals surface area contributed by atoms with Crippen molar-refractivity contribution >= 4 is 26.5 Å². The van der Waals surface area contributed by atoms with Crippen molar-refractivity contribution in [2.45, 2.75) is 25.2 Å². The molecule has 1 atom stereocenters. The Hall–Kier alpha value is -0.920. The number of sulfonamides is 1. The number of nitrogen functional groups attached to an aromatic ring is 1. The monoisotopic (exact) mass is 304 g/mol. The number of nitrogens with two attached hydrogens (primary N) is 1. The van der Waals surface area contributed by atoms with Crippen LogP contribution in [0.15, 0.2) is 17.0 Å². The number of benzene rings is 1. The summed E-state index contributed by atoms with van der Waals surface area (Å²) in [6, 6.07) is 3.06. The van der Waals surface area contributed by atoms with Crippen LogP contribution in [0.2, 0.25) is 0 Å². The van der Waals surface area contributed by atoms with Crippen molar-refractivity contribution in [2.75, 3.05) is 24.3 Å². The average molecular weight is 304 g/mol. The first kappa shape index (κ1) is 16.1. The van der Waals surface area contributed by atoms with Gasteiger partial charge >= 0.3 is 0 Å². The fraction of sp³-hybridized carbons (Fsp3) is 0.500. The van der Waals surface area contributed by atoms with Crippen molar-refractivity contribution in [2.24, 2.45) is 0 Å². The van der Waals surface area contributed by atoms with E-state index in [0.29, 0.717) is 17.9 Å². The summed E-state index contributed by atoms with van der Waals surface area (Å²) in [6.45, 7) is 3.95. The molecule has 0 bridgehead atoms. The van der Waals surface area contributed by atoms with Gasteiger partial charge in [-0.25, -0.2) is 13.1 Å². The van der Waals surface area contributed by atoms with E-state index in [4.69, 9.17) is 5.73 Å². The number of aryl methyl sites for hydroxylation is 1. The molecule has 0 radical (unpaired) electrons. The lowest BCUT2D eigenvalue weighted by Crippen LogP contribution is -2.26. The average Bonchev–Trinajstić information content (AvgIpc) is 2.31. The largest absolute Gasteiger partial charge is 0.398 e. The predicted molar refractivity (Wildman–Crippen MR) is 79.1 cm³/mol. The van der Waals surface area contributed by atoms with E-state index in [1.54, 1.807) is 12.3 Å². The third kappa shape index (κ3) is 4.59. The van der Waals surface area contributed by atoms with Crippen LogP contribution in [0.3, 0.4) is 0 Å². The van der Waals surface area contributed by atoms with E-state index in [2.05, 4.69) is 4.72 Å². The van der Waals surface area contributed by atoms with Crippen molar-refractivity contribution in [3.63, 3.8) is 0 Å². The Morgan fingerprint density at radius 1 is 1.32 bits per heavy atom. The highest BCUT2D eigenvalue weighted by Gasteiger charge is 2.15. The molecule has 108 valence electrons. The van der Waals surface area contributed by atoms with Gasteiger partial charge < -0.3 is 5.73 Å². The second-order valence-electron chi connectivity index (χ2n) is 4.48. The van der Waals surface area contributed by atoms with Gasteiger partial charge in [-0.2, -0.15) is 0 Å². The lowest BCUT2D eigenvalue weighted by atomic mass is 10.1. The molecule has 7 heteroatoms. The summed E-state index contributed by atoms with van der Waals surface area (Å²) in [5, 5.41) is 0. The van der Waals surface area contributed by atoms with Gasteiger partial charge in [-0.15, -0.1) is 0 Å². The molecule has 1 aromatic rings. The predicted octanol–water partition coefficient (Wildman–Crippen LogP) is 0.933. The lowest BCUT2D eigenvalue weighted by molar-refractivity contribution is 0.580. The van der Waals surface area contributed by atoms with Crippen molar-refractivity contribution < 1.29 is 12.6 Å². The van der Waals surface area contributed by atoms with E-state index >= 15 is 0 Å². The zero-order chi connectivity index (χ0) is 14.6. The fourth-order valence-corrected chi connectivity index (χ4v) is 3.32. The molecule has 1 aromatic carbocycles. The van der Waals surface area contributed by atoms with Crippen LogP contribution in [0, 0.1) is 13.8 Å². The quantitative estimate of drug-likeness (QED) is 0.604. The Labute approximate surface area is 117 Å². The summed E-state index contributed by atoms with van der Waals surface area (Å²) in [4.78, 5) is 0.172. The maximum atomic E-state index is 12.1. The molecule has 0 aliphatic carbocycles. The highest BCUT2D eigenvalue weighted by Crippen LogP contribution is 2.21. The first-order valence-electron chi connectivity index (χ1n) is 5.90. The second-order valence-corrected chi connectivity index (χ2v) is 7.80. The van der Waals surface area contributed by atoms with E-state index in [-0.39, 0.29) is 11.4 Å². The minimum atomic E-state index is -3.55. The summed E-state index contributed by atoms with van der Waals surface area (Å²) >= 11 is 0. The Morgan fingerprint density at radius 2 is 1.95 bits per heavy atom.